The van der Waals surface area contributed by atoms with Crippen LogP contribution in [0.15, 0.2) is 53.4 Å². The first kappa shape index (κ1) is 23.6. The Hall–Kier alpha value is -1.69. The minimum Gasteiger partial charge on any atom is -0.354 e. The number of rotatable bonds is 10. The van der Waals surface area contributed by atoms with Crippen molar-refractivity contribution in [1.29, 1.82) is 0 Å². The Balaban J connectivity index is 2.11. The summed E-state index contributed by atoms with van der Waals surface area (Å²) < 4.78 is 0. The summed E-state index contributed by atoms with van der Waals surface area (Å²) in [4.78, 5) is 28.2. The van der Waals surface area contributed by atoms with Crippen molar-refractivity contribution in [3.8, 4) is 0 Å². The first-order chi connectivity index (χ1) is 13.9. The third-order valence-electron chi connectivity index (χ3n) is 4.47. The fraction of sp³-hybridized carbons (Fsp3) is 0.364. The summed E-state index contributed by atoms with van der Waals surface area (Å²) in [5.41, 5.74) is 0.812. The van der Waals surface area contributed by atoms with Gasteiger partial charge in [-0.25, -0.2) is 0 Å². The number of nitrogens with one attached hydrogen (secondary N) is 1. The molecule has 156 valence electrons. The Morgan fingerprint density at radius 1 is 1.10 bits per heavy atom. The lowest BCUT2D eigenvalue weighted by atomic mass is 10.1. The topological polar surface area (TPSA) is 49.4 Å². The molecule has 1 N–H and O–H groups in total. The molecule has 0 saturated carbocycles. The second kappa shape index (κ2) is 12.1. The largest absolute Gasteiger partial charge is 0.354 e. The summed E-state index contributed by atoms with van der Waals surface area (Å²) in [6.45, 7) is 4.70. The average Bonchev–Trinajstić information content (AvgIpc) is 2.72. The lowest BCUT2D eigenvalue weighted by molar-refractivity contribution is -0.138. The van der Waals surface area contributed by atoms with Crippen LogP contribution in [0, 0.1) is 0 Å². The summed E-state index contributed by atoms with van der Waals surface area (Å²) in [5.74, 6) is -0.0584. The van der Waals surface area contributed by atoms with Crippen molar-refractivity contribution in [1.82, 2.24) is 10.2 Å². The predicted octanol–water partition coefficient (Wildman–Crippen LogP) is 5.42. The fourth-order valence-electron chi connectivity index (χ4n) is 2.69. The Morgan fingerprint density at radius 2 is 1.79 bits per heavy atom. The number of thioether (sulfide) groups is 1. The van der Waals surface area contributed by atoms with Crippen LogP contribution in [0.4, 0.5) is 0 Å². The van der Waals surface area contributed by atoms with Gasteiger partial charge in [0.25, 0.3) is 0 Å². The fourth-order valence-corrected chi connectivity index (χ4v) is 3.79. The lowest BCUT2D eigenvalue weighted by Crippen LogP contribution is -2.48. The standard InChI is InChI=1S/C22H26Cl2N2O2S/c1-3-4-13-25-22(28)16(2)26(14-17-7-5-6-8-20(17)24)21(27)15-29-19-11-9-18(23)10-12-19/h5-12,16H,3-4,13-15H2,1-2H3,(H,25,28)/t16-/m1/s1. The molecule has 0 bridgehead atoms. The molecule has 0 spiro atoms. The van der Waals surface area contributed by atoms with Crippen LogP contribution in [0.2, 0.25) is 10.0 Å². The summed E-state index contributed by atoms with van der Waals surface area (Å²) >= 11 is 13.6. The molecule has 2 amide bonds. The zero-order valence-corrected chi connectivity index (χ0v) is 19.0. The van der Waals surface area contributed by atoms with E-state index in [0.717, 1.165) is 23.3 Å². The van der Waals surface area contributed by atoms with Crippen LogP contribution in [0.5, 0.6) is 0 Å². The van der Waals surface area contributed by atoms with Crippen LogP contribution in [-0.2, 0) is 16.1 Å². The molecule has 0 aliphatic heterocycles. The van der Waals surface area contributed by atoms with E-state index in [9.17, 15) is 9.59 Å². The molecule has 0 fully saturated rings. The van der Waals surface area contributed by atoms with Crippen molar-refractivity contribution >= 4 is 46.8 Å². The monoisotopic (exact) mass is 452 g/mol. The van der Waals surface area contributed by atoms with Gasteiger partial charge in [-0.15, -0.1) is 11.8 Å². The van der Waals surface area contributed by atoms with Crippen molar-refractivity contribution in [2.45, 2.75) is 44.2 Å². The molecule has 2 rings (SSSR count). The number of amides is 2. The number of hydrogen-bond donors (Lipinski definition) is 1. The van der Waals surface area contributed by atoms with E-state index in [1.165, 1.54) is 11.8 Å². The Bertz CT molecular complexity index is 815. The van der Waals surface area contributed by atoms with Crippen molar-refractivity contribution < 1.29 is 9.59 Å². The molecule has 0 aliphatic carbocycles. The first-order valence-corrected chi connectivity index (χ1v) is 11.4. The summed E-state index contributed by atoms with van der Waals surface area (Å²) in [6.07, 6.45) is 1.90. The van der Waals surface area contributed by atoms with Gasteiger partial charge in [0.05, 0.1) is 5.75 Å². The third kappa shape index (κ3) is 7.57. The van der Waals surface area contributed by atoms with Crippen LogP contribution in [0.25, 0.3) is 0 Å². The molecule has 2 aromatic carbocycles. The van der Waals surface area contributed by atoms with Crippen LogP contribution >= 0.6 is 35.0 Å². The number of nitrogens with zero attached hydrogens (tertiary/aromatic N) is 1. The Kier molecular flexibility index (Phi) is 9.85. The van der Waals surface area contributed by atoms with Crippen LogP contribution in [-0.4, -0.2) is 35.1 Å². The summed E-state index contributed by atoms with van der Waals surface area (Å²) in [5, 5.41) is 4.14. The molecule has 7 heteroatoms. The predicted molar refractivity (Wildman–Crippen MR) is 122 cm³/mol. The molecule has 0 saturated heterocycles. The van der Waals surface area contributed by atoms with Crippen LogP contribution < -0.4 is 5.32 Å². The van der Waals surface area contributed by atoms with Gasteiger partial charge in [0, 0.05) is 28.0 Å². The molecule has 4 nitrogen and oxygen atoms in total. The lowest BCUT2D eigenvalue weighted by Gasteiger charge is -2.29. The van der Waals surface area contributed by atoms with Crippen LogP contribution in [0.3, 0.4) is 0 Å². The van der Waals surface area contributed by atoms with E-state index >= 15 is 0 Å². The highest BCUT2D eigenvalue weighted by Crippen LogP contribution is 2.23. The molecule has 29 heavy (non-hydrogen) atoms. The van der Waals surface area contributed by atoms with E-state index in [0.29, 0.717) is 16.6 Å². The second-order valence-electron chi connectivity index (χ2n) is 6.68. The van der Waals surface area contributed by atoms with Crippen molar-refractivity contribution in [3.63, 3.8) is 0 Å². The summed E-state index contributed by atoms with van der Waals surface area (Å²) in [7, 11) is 0. The van der Waals surface area contributed by atoms with E-state index in [2.05, 4.69) is 12.2 Å². The van der Waals surface area contributed by atoms with Crippen molar-refractivity contribution in [2.75, 3.05) is 12.3 Å². The maximum absolute atomic E-state index is 13.0. The number of unbranched alkanes of at least 4 members (excludes halogenated alkanes) is 1. The number of carbonyl (C=O) groups excluding carboxylic acids is 2. The van der Waals surface area contributed by atoms with Gasteiger partial charge in [-0.2, -0.15) is 0 Å². The Labute approximate surface area is 187 Å². The maximum Gasteiger partial charge on any atom is 0.242 e. The Morgan fingerprint density at radius 3 is 2.45 bits per heavy atom. The van der Waals surface area contributed by atoms with Gasteiger partial charge in [0.15, 0.2) is 0 Å². The number of benzene rings is 2. The van der Waals surface area contributed by atoms with Gasteiger partial charge in [-0.3, -0.25) is 9.59 Å². The first-order valence-electron chi connectivity index (χ1n) is 9.61. The number of hydrogen-bond acceptors (Lipinski definition) is 3. The highest BCUT2D eigenvalue weighted by atomic mass is 35.5. The zero-order valence-electron chi connectivity index (χ0n) is 16.7. The normalized spacial score (nSPS) is 11.7. The summed E-state index contributed by atoms with van der Waals surface area (Å²) in [6, 6.07) is 14.1. The van der Waals surface area contributed by atoms with Gasteiger partial charge in [0.1, 0.15) is 6.04 Å². The van der Waals surface area contributed by atoms with Crippen LogP contribution in [0.1, 0.15) is 32.3 Å². The molecule has 2 aromatic rings. The minimum absolute atomic E-state index is 0.122. The highest BCUT2D eigenvalue weighted by molar-refractivity contribution is 8.00. The van der Waals surface area contributed by atoms with E-state index < -0.39 is 6.04 Å². The van der Waals surface area contributed by atoms with Gasteiger partial charge in [-0.05, 0) is 49.2 Å². The highest BCUT2D eigenvalue weighted by Gasteiger charge is 2.26. The quantitative estimate of drug-likeness (QED) is 0.386. The SMILES string of the molecule is CCCCNC(=O)[C@@H](C)N(Cc1ccccc1Cl)C(=O)CSc1ccc(Cl)cc1. The van der Waals surface area contributed by atoms with Gasteiger partial charge >= 0.3 is 0 Å². The molecule has 0 unspecified atom stereocenters. The van der Waals surface area contributed by atoms with E-state index in [1.54, 1.807) is 30.0 Å². The minimum atomic E-state index is -0.596. The molecule has 0 aliphatic rings. The van der Waals surface area contributed by atoms with E-state index in [1.807, 2.05) is 30.3 Å². The molecule has 1 atom stereocenters. The van der Waals surface area contributed by atoms with Crippen molar-refractivity contribution in [2.24, 2.45) is 0 Å². The second-order valence-corrected chi connectivity index (χ2v) is 8.57. The third-order valence-corrected chi connectivity index (χ3v) is 6.09. The van der Waals surface area contributed by atoms with Gasteiger partial charge in [-0.1, -0.05) is 54.7 Å². The molecule has 0 aromatic heterocycles. The smallest absolute Gasteiger partial charge is 0.242 e. The van der Waals surface area contributed by atoms with E-state index in [4.69, 9.17) is 23.2 Å². The van der Waals surface area contributed by atoms with E-state index in [-0.39, 0.29) is 24.1 Å². The van der Waals surface area contributed by atoms with Crippen molar-refractivity contribution in [3.05, 3.63) is 64.1 Å². The molecule has 0 radical (unpaired) electrons. The molecular weight excluding hydrogens is 427 g/mol. The number of halogens is 2. The van der Waals surface area contributed by atoms with Gasteiger partial charge in [0.2, 0.25) is 11.8 Å². The average molecular weight is 453 g/mol. The van der Waals surface area contributed by atoms with Gasteiger partial charge < -0.3 is 10.2 Å². The number of carbonyl (C=O) groups is 2. The molecular formula is C22H26Cl2N2O2S. The maximum atomic E-state index is 13.0. The molecule has 0 heterocycles. The zero-order chi connectivity index (χ0) is 21.2.